The Kier molecular flexibility index (Phi) is 3.64. The Morgan fingerprint density at radius 1 is 1.19 bits per heavy atom. The molecule has 5 heteroatoms. The SMILES string of the molecule is Cc1cc(C)n(-c2ccc(C(=O)NC3C4CCc5ccccc5C43)cn2)n1. The van der Waals surface area contributed by atoms with Gasteiger partial charge >= 0.3 is 0 Å². The fraction of sp³-hybridized carbons (Fsp3) is 0.318. The number of aryl methyl sites for hydroxylation is 3. The Bertz CT molecular complexity index is 1020. The molecule has 1 amide bonds. The van der Waals surface area contributed by atoms with Crippen LogP contribution in [0.15, 0.2) is 48.7 Å². The molecular formula is C22H22N4O. The maximum Gasteiger partial charge on any atom is 0.253 e. The molecule has 0 spiro atoms. The normalized spacial score (nSPS) is 22.7. The number of nitrogens with one attached hydrogen (secondary N) is 1. The highest BCUT2D eigenvalue weighted by Crippen LogP contribution is 2.54. The van der Waals surface area contributed by atoms with Crippen LogP contribution in [0, 0.1) is 19.8 Å². The number of benzene rings is 1. The van der Waals surface area contributed by atoms with Gasteiger partial charge in [0, 0.05) is 23.9 Å². The lowest BCUT2D eigenvalue weighted by Gasteiger charge is -2.13. The van der Waals surface area contributed by atoms with Crippen LogP contribution in [0.4, 0.5) is 0 Å². The standard InChI is InChI=1S/C22H22N4O/c1-13-11-14(2)26(25-13)19-10-8-16(12-23-19)22(27)24-21-18-9-7-15-5-3-4-6-17(15)20(18)21/h3-6,8,10-12,18,20-21H,7,9H2,1-2H3,(H,24,27). The van der Waals surface area contributed by atoms with Crippen molar-refractivity contribution in [3.8, 4) is 5.82 Å². The summed E-state index contributed by atoms with van der Waals surface area (Å²) in [5, 5.41) is 7.66. The summed E-state index contributed by atoms with van der Waals surface area (Å²) >= 11 is 0. The van der Waals surface area contributed by atoms with E-state index < -0.39 is 0 Å². The largest absolute Gasteiger partial charge is 0.348 e. The molecule has 5 rings (SSSR count). The van der Waals surface area contributed by atoms with Crippen molar-refractivity contribution in [2.75, 3.05) is 0 Å². The zero-order valence-electron chi connectivity index (χ0n) is 15.5. The molecule has 5 nitrogen and oxygen atoms in total. The minimum atomic E-state index is -0.0423. The summed E-state index contributed by atoms with van der Waals surface area (Å²) in [6, 6.07) is 14.6. The molecule has 1 saturated carbocycles. The Morgan fingerprint density at radius 2 is 2.04 bits per heavy atom. The van der Waals surface area contributed by atoms with Gasteiger partial charge in [0.25, 0.3) is 5.91 Å². The molecule has 0 radical (unpaired) electrons. The number of rotatable bonds is 3. The van der Waals surface area contributed by atoms with Gasteiger partial charge in [-0.15, -0.1) is 0 Å². The molecule has 3 unspecified atom stereocenters. The van der Waals surface area contributed by atoms with Crippen LogP contribution in [-0.4, -0.2) is 26.7 Å². The first-order chi connectivity index (χ1) is 13.1. The van der Waals surface area contributed by atoms with Gasteiger partial charge in [0.05, 0.1) is 11.3 Å². The average molecular weight is 358 g/mol. The molecule has 1 fully saturated rings. The third-order valence-corrected chi connectivity index (χ3v) is 5.86. The lowest BCUT2D eigenvalue weighted by atomic mass is 9.92. The van der Waals surface area contributed by atoms with Crippen molar-refractivity contribution in [1.29, 1.82) is 0 Å². The summed E-state index contributed by atoms with van der Waals surface area (Å²) in [6.45, 7) is 3.95. The van der Waals surface area contributed by atoms with Crippen LogP contribution in [0.1, 0.15) is 45.2 Å². The van der Waals surface area contributed by atoms with E-state index in [2.05, 4.69) is 39.7 Å². The Morgan fingerprint density at radius 3 is 2.78 bits per heavy atom. The molecule has 3 aromatic rings. The van der Waals surface area contributed by atoms with E-state index in [0.29, 0.717) is 17.4 Å². The van der Waals surface area contributed by atoms with Crippen LogP contribution in [0.3, 0.4) is 0 Å². The van der Waals surface area contributed by atoms with Crippen molar-refractivity contribution >= 4 is 5.91 Å². The van der Waals surface area contributed by atoms with Crippen LogP contribution in [-0.2, 0) is 6.42 Å². The van der Waals surface area contributed by atoms with Gasteiger partial charge in [-0.1, -0.05) is 24.3 Å². The van der Waals surface area contributed by atoms with E-state index in [1.165, 1.54) is 11.1 Å². The zero-order chi connectivity index (χ0) is 18.5. The van der Waals surface area contributed by atoms with Crippen LogP contribution < -0.4 is 5.32 Å². The summed E-state index contributed by atoms with van der Waals surface area (Å²) in [4.78, 5) is 17.1. The summed E-state index contributed by atoms with van der Waals surface area (Å²) in [5.74, 6) is 1.73. The van der Waals surface area contributed by atoms with Crippen LogP contribution in [0.25, 0.3) is 5.82 Å². The summed E-state index contributed by atoms with van der Waals surface area (Å²) in [7, 11) is 0. The van der Waals surface area contributed by atoms with Crippen molar-refractivity contribution < 1.29 is 4.79 Å². The fourth-order valence-electron chi connectivity index (χ4n) is 4.50. The van der Waals surface area contributed by atoms with Gasteiger partial charge < -0.3 is 5.32 Å². The maximum absolute atomic E-state index is 12.7. The summed E-state index contributed by atoms with van der Waals surface area (Å²) < 4.78 is 1.80. The molecule has 0 saturated heterocycles. The molecule has 2 aromatic heterocycles. The van der Waals surface area contributed by atoms with E-state index in [4.69, 9.17) is 0 Å². The van der Waals surface area contributed by atoms with Gasteiger partial charge in [0.2, 0.25) is 0 Å². The number of hydrogen-bond acceptors (Lipinski definition) is 3. The van der Waals surface area contributed by atoms with Gasteiger partial charge in [-0.3, -0.25) is 4.79 Å². The van der Waals surface area contributed by atoms with Gasteiger partial charge in [0.1, 0.15) is 0 Å². The predicted octanol–water partition coefficient (Wildman–Crippen LogP) is 3.34. The topological polar surface area (TPSA) is 59.8 Å². The Hall–Kier alpha value is -2.95. The number of aromatic nitrogens is 3. The number of carbonyl (C=O) groups excluding carboxylic acids is 1. The minimum Gasteiger partial charge on any atom is -0.348 e. The Balaban J connectivity index is 1.31. The number of hydrogen-bond donors (Lipinski definition) is 1. The minimum absolute atomic E-state index is 0.0423. The molecule has 2 aliphatic carbocycles. The third kappa shape index (κ3) is 2.74. The van der Waals surface area contributed by atoms with Crippen molar-refractivity contribution in [1.82, 2.24) is 20.1 Å². The first-order valence-corrected chi connectivity index (χ1v) is 9.50. The van der Waals surface area contributed by atoms with E-state index in [1.54, 1.807) is 10.9 Å². The van der Waals surface area contributed by atoms with E-state index in [9.17, 15) is 4.79 Å². The molecule has 27 heavy (non-hydrogen) atoms. The van der Waals surface area contributed by atoms with Crippen LogP contribution in [0.5, 0.6) is 0 Å². The van der Waals surface area contributed by atoms with Crippen molar-refractivity contribution in [2.45, 2.75) is 38.6 Å². The number of amides is 1. The second-order valence-corrected chi connectivity index (χ2v) is 7.67. The number of pyridine rings is 1. The van der Waals surface area contributed by atoms with Crippen molar-refractivity contribution in [3.63, 3.8) is 0 Å². The summed E-state index contributed by atoms with van der Waals surface area (Å²) in [6.07, 6.45) is 3.91. The van der Waals surface area contributed by atoms with Crippen LogP contribution in [0.2, 0.25) is 0 Å². The van der Waals surface area contributed by atoms with Crippen molar-refractivity contribution in [3.05, 3.63) is 76.7 Å². The van der Waals surface area contributed by atoms with E-state index in [0.717, 1.165) is 30.0 Å². The molecule has 1 aromatic carbocycles. The smallest absolute Gasteiger partial charge is 0.253 e. The number of fused-ring (bicyclic) bond motifs is 3. The Labute approximate surface area is 158 Å². The molecule has 2 heterocycles. The first kappa shape index (κ1) is 16.2. The average Bonchev–Trinajstić information content (AvgIpc) is 3.28. The lowest BCUT2D eigenvalue weighted by molar-refractivity contribution is 0.0948. The first-order valence-electron chi connectivity index (χ1n) is 9.50. The molecule has 1 N–H and O–H groups in total. The van der Waals surface area contributed by atoms with Gasteiger partial charge in [-0.2, -0.15) is 5.10 Å². The molecular weight excluding hydrogens is 336 g/mol. The van der Waals surface area contributed by atoms with Gasteiger partial charge in [-0.05, 0) is 61.9 Å². The van der Waals surface area contributed by atoms with E-state index in [1.807, 2.05) is 32.0 Å². The fourth-order valence-corrected chi connectivity index (χ4v) is 4.50. The number of carbonyl (C=O) groups is 1. The number of nitrogens with zero attached hydrogens (tertiary/aromatic N) is 3. The predicted molar refractivity (Wildman–Crippen MR) is 103 cm³/mol. The third-order valence-electron chi connectivity index (χ3n) is 5.86. The van der Waals surface area contributed by atoms with Crippen LogP contribution >= 0.6 is 0 Å². The highest BCUT2D eigenvalue weighted by atomic mass is 16.1. The highest BCUT2D eigenvalue weighted by Gasteiger charge is 2.53. The molecule has 2 aliphatic rings. The molecule has 0 bridgehead atoms. The van der Waals surface area contributed by atoms with Gasteiger partial charge in [0.15, 0.2) is 5.82 Å². The summed E-state index contributed by atoms with van der Waals surface area (Å²) in [5.41, 5.74) is 5.42. The van der Waals surface area contributed by atoms with Gasteiger partial charge in [-0.25, -0.2) is 9.67 Å². The monoisotopic (exact) mass is 358 g/mol. The zero-order valence-corrected chi connectivity index (χ0v) is 15.5. The second-order valence-electron chi connectivity index (χ2n) is 7.67. The molecule has 3 atom stereocenters. The second kappa shape index (κ2) is 6.05. The highest BCUT2D eigenvalue weighted by molar-refractivity contribution is 5.94. The van der Waals surface area contributed by atoms with Crippen molar-refractivity contribution in [2.24, 2.45) is 5.92 Å². The quantitative estimate of drug-likeness (QED) is 0.781. The van der Waals surface area contributed by atoms with E-state index in [-0.39, 0.29) is 11.9 Å². The molecule has 136 valence electrons. The lowest BCUT2D eigenvalue weighted by Crippen LogP contribution is -2.27. The maximum atomic E-state index is 12.7. The van der Waals surface area contributed by atoms with E-state index >= 15 is 0 Å². The molecule has 0 aliphatic heterocycles.